The SMILES string of the molecule is CCNC(c1ccc(Br)c(Cl)c1)c1c(F)ccc(C)c1F. The minimum atomic E-state index is -0.583. The Labute approximate surface area is 136 Å². The molecule has 21 heavy (non-hydrogen) atoms. The van der Waals surface area contributed by atoms with Crippen LogP contribution in [-0.4, -0.2) is 6.54 Å². The predicted molar refractivity (Wildman–Crippen MR) is 85.8 cm³/mol. The van der Waals surface area contributed by atoms with Gasteiger partial charge in [0.25, 0.3) is 0 Å². The Hall–Kier alpha value is -0.970. The zero-order valence-electron chi connectivity index (χ0n) is 11.7. The Kier molecular flexibility index (Phi) is 5.36. The maximum atomic E-state index is 14.4. The largest absolute Gasteiger partial charge is 0.306 e. The molecule has 0 saturated heterocycles. The van der Waals surface area contributed by atoms with Crippen molar-refractivity contribution in [3.8, 4) is 0 Å². The Morgan fingerprint density at radius 2 is 1.95 bits per heavy atom. The number of rotatable bonds is 4. The van der Waals surface area contributed by atoms with Crippen molar-refractivity contribution in [2.45, 2.75) is 19.9 Å². The molecule has 5 heteroatoms. The van der Waals surface area contributed by atoms with E-state index in [-0.39, 0.29) is 5.56 Å². The summed E-state index contributed by atoms with van der Waals surface area (Å²) in [5, 5.41) is 3.62. The summed E-state index contributed by atoms with van der Waals surface area (Å²) in [6.07, 6.45) is 0. The van der Waals surface area contributed by atoms with Crippen LogP contribution in [-0.2, 0) is 0 Å². The highest BCUT2D eigenvalue weighted by Crippen LogP contribution is 2.32. The molecule has 0 bridgehead atoms. The summed E-state index contributed by atoms with van der Waals surface area (Å²) < 4.78 is 29.3. The van der Waals surface area contributed by atoms with E-state index in [0.717, 1.165) is 4.47 Å². The van der Waals surface area contributed by atoms with Crippen molar-refractivity contribution in [1.82, 2.24) is 5.32 Å². The molecule has 1 atom stereocenters. The molecule has 0 amide bonds. The molecular weight excluding hydrogens is 360 g/mol. The van der Waals surface area contributed by atoms with Gasteiger partial charge in [-0.1, -0.05) is 30.7 Å². The molecule has 0 saturated carbocycles. The second kappa shape index (κ2) is 6.86. The van der Waals surface area contributed by atoms with Crippen LogP contribution in [0, 0.1) is 18.6 Å². The van der Waals surface area contributed by atoms with E-state index in [1.54, 1.807) is 25.1 Å². The lowest BCUT2D eigenvalue weighted by Gasteiger charge is -2.21. The topological polar surface area (TPSA) is 12.0 Å². The van der Waals surface area contributed by atoms with Crippen LogP contribution in [0.3, 0.4) is 0 Å². The molecule has 0 aliphatic carbocycles. The van der Waals surface area contributed by atoms with Gasteiger partial charge >= 0.3 is 0 Å². The molecule has 2 aromatic carbocycles. The van der Waals surface area contributed by atoms with Gasteiger partial charge in [0.15, 0.2) is 0 Å². The maximum absolute atomic E-state index is 14.4. The molecule has 1 N–H and O–H groups in total. The third-order valence-electron chi connectivity index (χ3n) is 3.29. The van der Waals surface area contributed by atoms with E-state index in [9.17, 15) is 8.78 Å². The first kappa shape index (κ1) is 16.4. The molecule has 2 rings (SSSR count). The van der Waals surface area contributed by atoms with Gasteiger partial charge in [-0.2, -0.15) is 0 Å². The summed E-state index contributed by atoms with van der Waals surface area (Å²) in [6.45, 7) is 4.08. The molecule has 0 fully saturated rings. The number of hydrogen-bond donors (Lipinski definition) is 1. The van der Waals surface area contributed by atoms with E-state index >= 15 is 0 Å². The fourth-order valence-corrected chi connectivity index (χ4v) is 2.66. The highest BCUT2D eigenvalue weighted by atomic mass is 79.9. The Morgan fingerprint density at radius 3 is 2.57 bits per heavy atom. The molecule has 2 aromatic rings. The van der Waals surface area contributed by atoms with Gasteiger partial charge in [-0.3, -0.25) is 0 Å². The summed E-state index contributed by atoms with van der Waals surface area (Å²) in [5.74, 6) is -1.09. The average molecular weight is 375 g/mol. The number of halogens is 4. The highest BCUT2D eigenvalue weighted by Gasteiger charge is 2.23. The first-order valence-corrected chi connectivity index (χ1v) is 7.75. The smallest absolute Gasteiger partial charge is 0.134 e. The van der Waals surface area contributed by atoms with E-state index in [2.05, 4.69) is 21.2 Å². The van der Waals surface area contributed by atoms with Crippen molar-refractivity contribution >= 4 is 27.5 Å². The van der Waals surface area contributed by atoms with Crippen LogP contribution in [0.25, 0.3) is 0 Å². The van der Waals surface area contributed by atoms with Crippen LogP contribution in [0.4, 0.5) is 8.78 Å². The van der Waals surface area contributed by atoms with Crippen molar-refractivity contribution in [3.63, 3.8) is 0 Å². The van der Waals surface area contributed by atoms with Gasteiger partial charge in [-0.25, -0.2) is 8.78 Å². The first-order valence-electron chi connectivity index (χ1n) is 6.58. The van der Waals surface area contributed by atoms with Crippen molar-refractivity contribution in [2.24, 2.45) is 0 Å². The second-order valence-electron chi connectivity index (χ2n) is 4.76. The monoisotopic (exact) mass is 373 g/mol. The Bertz CT molecular complexity index is 661. The molecule has 0 heterocycles. The normalized spacial score (nSPS) is 12.5. The molecule has 112 valence electrons. The third-order valence-corrected chi connectivity index (χ3v) is 4.53. The summed E-state index contributed by atoms with van der Waals surface area (Å²) in [5.41, 5.74) is 1.15. The maximum Gasteiger partial charge on any atom is 0.134 e. The fraction of sp³-hybridized carbons (Fsp3) is 0.250. The summed E-state index contributed by atoms with van der Waals surface area (Å²) in [6, 6.07) is 7.42. The fourth-order valence-electron chi connectivity index (χ4n) is 2.23. The van der Waals surface area contributed by atoms with Gasteiger partial charge in [0.2, 0.25) is 0 Å². The number of aryl methyl sites for hydroxylation is 1. The van der Waals surface area contributed by atoms with E-state index in [0.29, 0.717) is 22.7 Å². The summed E-state index contributed by atoms with van der Waals surface area (Å²) >= 11 is 9.41. The van der Waals surface area contributed by atoms with Crippen molar-refractivity contribution in [3.05, 3.63) is 68.2 Å². The van der Waals surface area contributed by atoms with E-state index < -0.39 is 17.7 Å². The third kappa shape index (κ3) is 3.44. The van der Waals surface area contributed by atoms with E-state index in [1.165, 1.54) is 12.1 Å². The van der Waals surface area contributed by atoms with Gasteiger partial charge in [0, 0.05) is 10.0 Å². The second-order valence-corrected chi connectivity index (χ2v) is 6.02. The van der Waals surface area contributed by atoms with Crippen LogP contribution < -0.4 is 5.32 Å². The summed E-state index contributed by atoms with van der Waals surface area (Å²) in [4.78, 5) is 0. The van der Waals surface area contributed by atoms with Crippen molar-refractivity contribution in [1.29, 1.82) is 0 Å². The van der Waals surface area contributed by atoms with Gasteiger partial charge in [-0.05, 0) is 58.7 Å². The zero-order chi connectivity index (χ0) is 15.6. The van der Waals surface area contributed by atoms with E-state index in [4.69, 9.17) is 11.6 Å². The van der Waals surface area contributed by atoms with Crippen molar-refractivity contribution < 1.29 is 8.78 Å². The Balaban J connectivity index is 2.58. The molecule has 0 spiro atoms. The number of hydrogen-bond acceptors (Lipinski definition) is 1. The number of benzene rings is 2. The minimum absolute atomic E-state index is 0.0234. The quantitative estimate of drug-likeness (QED) is 0.757. The summed E-state index contributed by atoms with van der Waals surface area (Å²) in [7, 11) is 0. The molecule has 0 aliphatic heterocycles. The first-order chi connectivity index (χ1) is 9.95. The molecule has 0 aromatic heterocycles. The molecule has 0 radical (unpaired) electrons. The van der Waals surface area contributed by atoms with E-state index in [1.807, 2.05) is 6.92 Å². The van der Waals surface area contributed by atoms with Crippen LogP contribution in [0.1, 0.15) is 29.7 Å². The predicted octanol–water partition coefficient (Wildman–Crippen LogP) is 5.39. The molecule has 1 unspecified atom stereocenters. The van der Waals surface area contributed by atoms with Gasteiger partial charge in [0.1, 0.15) is 11.6 Å². The van der Waals surface area contributed by atoms with Crippen LogP contribution in [0.5, 0.6) is 0 Å². The average Bonchev–Trinajstić information content (AvgIpc) is 2.45. The zero-order valence-corrected chi connectivity index (χ0v) is 14.0. The van der Waals surface area contributed by atoms with Crippen LogP contribution in [0.2, 0.25) is 5.02 Å². The molecule has 0 aliphatic rings. The van der Waals surface area contributed by atoms with Crippen LogP contribution in [0.15, 0.2) is 34.8 Å². The van der Waals surface area contributed by atoms with Gasteiger partial charge in [0.05, 0.1) is 11.1 Å². The van der Waals surface area contributed by atoms with Crippen LogP contribution >= 0.6 is 27.5 Å². The lowest BCUT2D eigenvalue weighted by atomic mass is 9.96. The Morgan fingerprint density at radius 1 is 1.24 bits per heavy atom. The molecular formula is C16H15BrClF2N. The molecule has 1 nitrogen and oxygen atoms in total. The highest BCUT2D eigenvalue weighted by molar-refractivity contribution is 9.10. The lowest BCUT2D eigenvalue weighted by Crippen LogP contribution is -2.24. The van der Waals surface area contributed by atoms with Gasteiger partial charge < -0.3 is 5.32 Å². The van der Waals surface area contributed by atoms with Crippen molar-refractivity contribution in [2.75, 3.05) is 6.54 Å². The lowest BCUT2D eigenvalue weighted by molar-refractivity contribution is 0.506. The van der Waals surface area contributed by atoms with Gasteiger partial charge in [-0.15, -0.1) is 0 Å². The standard InChI is InChI=1S/C16H15BrClF2N/c1-3-21-16(10-5-6-11(17)12(18)8-10)14-13(19)7-4-9(2)15(14)20/h4-8,16,21H,3H2,1-2H3. The minimum Gasteiger partial charge on any atom is -0.306 e. The number of nitrogens with one attached hydrogen (secondary N) is 1.